The van der Waals surface area contributed by atoms with Gasteiger partial charge in [0.1, 0.15) is 6.04 Å². The number of hydrogen-bond donors (Lipinski definition) is 0. The molecule has 3 rings (SSSR count). The van der Waals surface area contributed by atoms with Gasteiger partial charge in [-0.25, -0.2) is 0 Å². The van der Waals surface area contributed by atoms with Gasteiger partial charge in [0.05, 0.1) is 5.71 Å². The summed E-state index contributed by atoms with van der Waals surface area (Å²) in [5.74, 6) is 0.103. The number of hydrogen-bond acceptors (Lipinski definition) is 2. The van der Waals surface area contributed by atoms with Crippen molar-refractivity contribution in [2.45, 2.75) is 19.9 Å². The summed E-state index contributed by atoms with van der Waals surface area (Å²) in [6.07, 6.45) is 0. The Bertz CT molecular complexity index is 734. The molecule has 0 aromatic heterocycles. The Morgan fingerprint density at radius 2 is 1.80 bits per heavy atom. The third-order valence-electron chi connectivity index (χ3n) is 3.60. The van der Waals surface area contributed by atoms with Crippen LogP contribution in [0.3, 0.4) is 0 Å². The molecule has 1 aliphatic rings. The van der Waals surface area contributed by atoms with Crippen LogP contribution in [0, 0.1) is 10.5 Å². The first-order valence-corrected chi connectivity index (χ1v) is 7.64. The Labute approximate surface area is 132 Å². The normalized spacial score (nSPS) is 17.6. The Morgan fingerprint density at radius 3 is 2.50 bits per heavy atom. The molecule has 0 spiro atoms. The summed E-state index contributed by atoms with van der Waals surface area (Å²) in [6, 6.07) is 13.7. The molecule has 2 aromatic rings. The topological polar surface area (TPSA) is 29.4 Å². The van der Waals surface area contributed by atoms with Gasteiger partial charge in [0.25, 0.3) is 0 Å². The van der Waals surface area contributed by atoms with Crippen molar-refractivity contribution in [2.75, 3.05) is 0 Å². The van der Waals surface area contributed by atoms with E-state index in [0.717, 1.165) is 22.4 Å². The van der Waals surface area contributed by atoms with Gasteiger partial charge in [0, 0.05) is 20.3 Å². The second-order valence-corrected chi connectivity index (χ2v) is 6.19. The molecule has 100 valence electrons. The maximum atomic E-state index is 12.2. The quantitative estimate of drug-likeness (QED) is 0.693. The molecule has 1 atom stereocenters. The molecule has 2 aromatic carbocycles. The molecular formula is C17H14INO. The molecule has 1 aliphatic heterocycles. The molecule has 3 heteroatoms. The van der Waals surface area contributed by atoms with Gasteiger partial charge in [-0.2, -0.15) is 0 Å². The SMILES string of the molecule is Cc1ccc(C2=NC(C)C(=O)c3ccccc32)cc1I. The lowest BCUT2D eigenvalue weighted by molar-refractivity contribution is 0.0966. The van der Waals surface area contributed by atoms with E-state index in [4.69, 9.17) is 0 Å². The molecule has 0 saturated carbocycles. The van der Waals surface area contributed by atoms with Crippen LogP contribution in [0.5, 0.6) is 0 Å². The van der Waals surface area contributed by atoms with Gasteiger partial charge in [-0.15, -0.1) is 0 Å². The second kappa shape index (κ2) is 5.13. The number of carbonyl (C=O) groups excluding carboxylic acids is 1. The summed E-state index contributed by atoms with van der Waals surface area (Å²) in [4.78, 5) is 16.8. The maximum Gasteiger partial charge on any atom is 0.187 e. The van der Waals surface area contributed by atoms with Crippen molar-refractivity contribution in [3.05, 3.63) is 68.3 Å². The molecule has 1 unspecified atom stereocenters. The van der Waals surface area contributed by atoms with Gasteiger partial charge in [0.2, 0.25) is 0 Å². The Balaban J connectivity index is 2.20. The Hall–Kier alpha value is -1.49. The average Bonchev–Trinajstić information content (AvgIpc) is 2.46. The van der Waals surface area contributed by atoms with Crippen LogP contribution in [0.15, 0.2) is 47.5 Å². The number of benzene rings is 2. The Morgan fingerprint density at radius 1 is 1.10 bits per heavy atom. The van der Waals surface area contributed by atoms with Crippen LogP contribution in [-0.4, -0.2) is 17.5 Å². The highest BCUT2D eigenvalue weighted by atomic mass is 127. The summed E-state index contributed by atoms with van der Waals surface area (Å²) in [6.45, 7) is 3.95. The van der Waals surface area contributed by atoms with Crippen molar-refractivity contribution in [1.29, 1.82) is 0 Å². The monoisotopic (exact) mass is 375 g/mol. The van der Waals surface area contributed by atoms with E-state index >= 15 is 0 Å². The largest absolute Gasteiger partial charge is 0.292 e. The molecule has 0 saturated heterocycles. The molecule has 0 amide bonds. The molecule has 1 heterocycles. The highest BCUT2D eigenvalue weighted by Crippen LogP contribution is 2.25. The zero-order valence-electron chi connectivity index (χ0n) is 11.4. The number of ketones is 1. The van der Waals surface area contributed by atoms with E-state index in [-0.39, 0.29) is 11.8 Å². The molecule has 20 heavy (non-hydrogen) atoms. The van der Waals surface area contributed by atoms with Crippen LogP contribution in [-0.2, 0) is 0 Å². The van der Waals surface area contributed by atoms with E-state index in [0.29, 0.717) is 0 Å². The highest BCUT2D eigenvalue weighted by molar-refractivity contribution is 14.1. The summed E-state index contributed by atoms with van der Waals surface area (Å²) in [5.41, 5.74) is 4.97. The van der Waals surface area contributed by atoms with E-state index in [1.807, 2.05) is 31.2 Å². The smallest absolute Gasteiger partial charge is 0.187 e. The van der Waals surface area contributed by atoms with E-state index in [1.54, 1.807) is 0 Å². The minimum atomic E-state index is -0.307. The van der Waals surface area contributed by atoms with Crippen molar-refractivity contribution in [3.63, 3.8) is 0 Å². The van der Waals surface area contributed by atoms with Crippen molar-refractivity contribution < 1.29 is 4.79 Å². The molecule has 0 N–H and O–H groups in total. The fraction of sp³-hybridized carbons (Fsp3) is 0.176. The van der Waals surface area contributed by atoms with Gasteiger partial charge in [-0.05, 0) is 48.1 Å². The van der Waals surface area contributed by atoms with Gasteiger partial charge >= 0.3 is 0 Å². The fourth-order valence-corrected chi connectivity index (χ4v) is 2.94. The predicted octanol–water partition coefficient (Wildman–Crippen LogP) is 4.02. The van der Waals surface area contributed by atoms with Crippen molar-refractivity contribution in [2.24, 2.45) is 4.99 Å². The number of aliphatic imine (C=N–C) groups is 1. The van der Waals surface area contributed by atoms with Crippen LogP contribution in [0.1, 0.15) is 34.0 Å². The molecule has 0 aliphatic carbocycles. The molecule has 2 nitrogen and oxygen atoms in total. The lowest BCUT2D eigenvalue weighted by Crippen LogP contribution is -2.26. The summed E-state index contributed by atoms with van der Waals surface area (Å²) in [5, 5.41) is 0. The molecule has 0 fully saturated rings. The fourth-order valence-electron chi connectivity index (χ4n) is 2.42. The van der Waals surface area contributed by atoms with Gasteiger partial charge in [0.15, 0.2) is 5.78 Å². The van der Waals surface area contributed by atoms with Gasteiger partial charge < -0.3 is 0 Å². The van der Waals surface area contributed by atoms with E-state index in [2.05, 4.69) is 52.7 Å². The standard InChI is InChI=1S/C17H14INO/c1-10-7-8-12(9-15(10)18)16-13-5-3-4-6-14(13)17(20)11(2)19-16/h3-9,11H,1-2H3. The summed E-state index contributed by atoms with van der Waals surface area (Å²) in [7, 11) is 0. The third-order valence-corrected chi connectivity index (χ3v) is 4.76. The molecular weight excluding hydrogens is 361 g/mol. The van der Waals surface area contributed by atoms with E-state index < -0.39 is 0 Å². The van der Waals surface area contributed by atoms with Gasteiger partial charge in [-0.1, -0.05) is 36.4 Å². The summed E-state index contributed by atoms with van der Waals surface area (Å²) < 4.78 is 1.21. The first-order chi connectivity index (χ1) is 9.58. The number of nitrogens with zero attached hydrogens (tertiary/aromatic N) is 1. The van der Waals surface area contributed by atoms with Crippen molar-refractivity contribution in [1.82, 2.24) is 0 Å². The second-order valence-electron chi connectivity index (χ2n) is 5.03. The maximum absolute atomic E-state index is 12.2. The van der Waals surface area contributed by atoms with E-state index in [9.17, 15) is 4.79 Å². The molecule has 0 radical (unpaired) electrons. The van der Waals surface area contributed by atoms with Crippen LogP contribution >= 0.6 is 22.6 Å². The minimum Gasteiger partial charge on any atom is -0.292 e. The lowest BCUT2D eigenvalue weighted by Gasteiger charge is -2.20. The Kier molecular flexibility index (Phi) is 3.46. The predicted molar refractivity (Wildman–Crippen MR) is 89.8 cm³/mol. The number of fused-ring (bicyclic) bond motifs is 1. The molecule has 0 bridgehead atoms. The highest BCUT2D eigenvalue weighted by Gasteiger charge is 2.26. The van der Waals surface area contributed by atoms with Gasteiger partial charge in [-0.3, -0.25) is 9.79 Å². The summed E-state index contributed by atoms with van der Waals surface area (Å²) >= 11 is 2.33. The zero-order chi connectivity index (χ0) is 14.3. The number of rotatable bonds is 1. The van der Waals surface area contributed by atoms with Crippen LogP contribution in [0.25, 0.3) is 0 Å². The lowest BCUT2D eigenvalue weighted by atomic mass is 9.90. The number of halogens is 1. The van der Waals surface area contributed by atoms with Crippen molar-refractivity contribution >= 4 is 34.1 Å². The zero-order valence-corrected chi connectivity index (χ0v) is 13.5. The van der Waals surface area contributed by atoms with Crippen LogP contribution < -0.4 is 0 Å². The average molecular weight is 375 g/mol. The van der Waals surface area contributed by atoms with Crippen LogP contribution in [0.4, 0.5) is 0 Å². The number of aryl methyl sites for hydroxylation is 1. The number of Topliss-reactive ketones (excluding diaryl/α,β-unsaturated/α-hetero) is 1. The first-order valence-electron chi connectivity index (χ1n) is 6.56. The number of carbonyl (C=O) groups is 1. The van der Waals surface area contributed by atoms with Crippen LogP contribution in [0.2, 0.25) is 0 Å². The van der Waals surface area contributed by atoms with E-state index in [1.165, 1.54) is 9.13 Å². The van der Waals surface area contributed by atoms with Crippen molar-refractivity contribution in [3.8, 4) is 0 Å². The first kappa shape index (κ1) is 13.5. The minimum absolute atomic E-state index is 0.103. The third kappa shape index (κ3) is 2.20.